The lowest BCUT2D eigenvalue weighted by Gasteiger charge is -2.17. The molecule has 17 aromatic rings. The minimum Gasteiger partial charge on any atom is -0.456 e. The van der Waals surface area contributed by atoms with Crippen LogP contribution in [-0.4, -0.2) is 0 Å². The van der Waals surface area contributed by atoms with Crippen LogP contribution < -0.4 is 0 Å². The maximum absolute atomic E-state index is 9.25. The van der Waals surface area contributed by atoms with Gasteiger partial charge in [-0.3, -0.25) is 0 Å². The van der Waals surface area contributed by atoms with Crippen LogP contribution in [0.4, 0.5) is 0 Å². The summed E-state index contributed by atoms with van der Waals surface area (Å²) in [4.78, 5) is 0. The third kappa shape index (κ3) is 8.43. The van der Waals surface area contributed by atoms with Gasteiger partial charge in [-0.2, -0.15) is 0 Å². The number of rotatable bonds is 7. The van der Waals surface area contributed by atoms with Crippen molar-refractivity contribution >= 4 is 87.0 Å². The summed E-state index contributed by atoms with van der Waals surface area (Å²) in [5.41, 5.74) is 4.85. The zero-order valence-electron chi connectivity index (χ0n) is 74.4. The van der Waals surface area contributed by atoms with E-state index in [0.29, 0.717) is 38.5 Å². The van der Waals surface area contributed by atoms with E-state index in [1.807, 2.05) is 72.8 Å². The summed E-state index contributed by atoms with van der Waals surface area (Å²) in [6.07, 6.45) is 0. The highest BCUT2D eigenvalue weighted by Crippen LogP contribution is 2.47. The van der Waals surface area contributed by atoms with Gasteiger partial charge in [-0.15, -0.1) is 0 Å². The Balaban J connectivity index is 0.000000173. The first-order chi connectivity index (χ1) is 54.5. The van der Waals surface area contributed by atoms with Gasteiger partial charge in [0.2, 0.25) is 0 Å². The van der Waals surface area contributed by atoms with Crippen LogP contribution in [0.15, 0.2) is 324 Å². The van der Waals surface area contributed by atoms with Gasteiger partial charge < -0.3 is 8.83 Å². The minimum absolute atomic E-state index is 0.0375. The second-order valence-electron chi connectivity index (χ2n) is 19.5. The Morgan fingerprint density at radius 3 is 0.893 bits per heavy atom. The SMILES string of the molecule is [2H]c1c([2H])c([2H])c(-c2c3c([2H])c([2H])c([2H])c([2H])c3c(-c3ccc4oc5ccc(-c6ccc(-c7ccccc7)cc6)cc5c4c3)c3c([2H])c([2H])c([2H])c([2H])c23)c([2H])c1[2H].[2H]c1c([2H])c([2H])c(-c2ccc3c(c2)oc2ccc(-c4c5c([2H])c([2H])c([2H])c([2H])c5c(-c5c([2H])c([2H])c([2H])c([2H])c5[2H])c5c([2H])c([2H])c([2H])c([2H])c45)cc23)c([2H])c1[2H]. The smallest absolute Gasteiger partial charge is 0.136 e. The Morgan fingerprint density at radius 2 is 0.464 bits per heavy atom. The quantitative estimate of drug-likeness (QED) is 0.149. The number of hydrogen-bond donors (Lipinski definition) is 0. The summed E-state index contributed by atoms with van der Waals surface area (Å²) >= 11 is 0. The summed E-state index contributed by atoms with van der Waals surface area (Å²) in [5.74, 6) is 0. The zero-order valence-corrected chi connectivity index (χ0v) is 43.4. The van der Waals surface area contributed by atoms with E-state index in [1.165, 1.54) is 12.1 Å². The van der Waals surface area contributed by atoms with Gasteiger partial charge in [0.25, 0.3) is 0 Å². The molecule has 392 valence electrons. The molecule has 0 amide bonds. The monoisotopic (exact) mass is 1100 g/mol. The first-order valence-corrected chi connectivity index (χ1v) is 26.3. The molecule has 0 saturated heterocycles. The van der Waals surface area contributed by atoms with E-state index in [0.717, 1.165) is 27.6 Å². The van der Waals surface area contributed by atoms with Gasteiger partial charge in [-0.25, -0.2) is 0 Å². The molecule has 15 aromatic carbocycles. The number of fused-ring (bicyclic) bond motifs is 10. The Morgan fingerprint density at radius 1 is 0.179 bits per heavy atom. The van der Waals surface area contributed by atoms with Gasteiger partial charge in [-0.1, -0.05) is 266 Å². The molecule has 0 spiro atoms. The van der Waals surface area contributed by atoms with E-state index in [2.05, 4.69) is 0 Å². The molecule has 2 heterocycles. The topological polar surface area (TPSA) is 26.3 Å². The van der Waals surface area contributed by atoms with Crippen molar-refractivity contribution in [2.75, 3.05) is 0 Å². The van der Waals surface area contributed by atoms with Crippen molar-refractivity contribution in [3.63, 3.8) is 0 Å². The number of furan rings is 2. The standard InChI is InChI=1S/C44H28O.C38H24O/c1-3-11-29(12-4-1)30-19-21-31(22-20-30)33-23-25-41-39(27-33)40-28-34(24-26-42(40)45-41)44-37-17-9-7-15-35(37)43(32-13-5-2-6-14-32)36-16-8-10-18-38(36)44;1-3-11-25(12-4-1)27-19-21-29-34-23-28(20-22-35(34)39-36(29)24-27)38-32-17-9-7-15-30(32)37(26-13-5-2-6-14-26)31-16-8-10-18-33(31)38/h1-28H;1-24H/i2D,5D,6D,7D,8D,9D,10D,13D,14D,15D,16D,17D,18D;1D,2D,3D,4D,5D,6D,7D,8D,9D,10D,11D,12D,13D,14D,15D,16D,17D,18D. The molecule has 0 atom stereocenters. The van der Waals surface area contributed by atoms with Crippen LogP contribution in [0.5, 0.6) is 0 Å². The molecule has 0 aliphatic rings. The number of hydrogen-bond acceptors (Lipinski definition) is 2. The molecule has 2 aromatic heterocycles. The Hall–Kier alpha value is -11.1. The fraction of sp³-hybridized carbons (Fsp3) is 0. The molecule has 0 aliphatic carbocycles. The van der Waals surface area contributed by atoms with Crippen molar-refractivity contribution in [2.45, 2.75) is 0 Å². The predicted molar refractivity (Wildman–Crippen MR) is 356 cm³/mol. The van der Waals surface area contributed by atoms with Crippen LogP contribution in [0.25, 0.3) is 165 Å². The molecule has 0 unspecified atom stereocenters. The third-order valence-corrected chi connectivity index (χ3v) is 14.9. The fourth-order valence-electron chi connectivity index (χ4n) is 11.2. The second kappa shape index (κ2) is 20.5. The largest absolute Gasteiger partial charge is 0.456 e. The molecule has 2 nitrogen and oxygen atoms in total. The molecule has 0 saturated carbocycles. The molecule has 17 rings (SSSR count). The Bertz CT molecular complexity index is 7030. The molecule has 84 heavy (non-hydrogen) atoms. The normalized spacial score (nSPS) is 16.7. The Labute approximate surface area is 529 Å². The van der Waals surface area contributed by atoms with Gasteiger partial charge in [0.15, 0.2) is 0 Å². The van der Waals surface area contributed by atoms with E-state index in [9.17, 15) is 8.22 Å². The van der Waals surface area contributed by atoms with Crippen molar-refractivity contribution in [1.29, 1.82) is 0 Å². The Kier molecular flexibility index (Phi) is 6.51. The molecule has 0 N–H and O–H groups in total. The molecule has 2 heteroatoms. The lowest BCUT2D eigenvalue weighted by Crippen LogP contribution is -1.90. The zero-order chi connectivity index (χ0) is 82.5. The highest BCUT2D eigenvalue weighted by Gasteiger charge is 2.20. The summed E-state index contributed by atoms with van der Waals surface area (Å²) in [6, 6.07) is 18.6. The fourth-order valence-corrected chi connectivity index (χ4v) is 11.2. The van der Waals surface area contributed by atoms with Crippen molar-refractivity contribution in [2.24, 2.45) is 0 Å². The molecule has 0 bridgehead atoms. The van der Waals surface area contributed by atoms with E-state index in [1.54, 1.807) is 42.5 Å². The van der Waals surface area contributed by atoms with Gasteiger partial charge in [0, 0.05) is 21.5 Å². The lowest BCUT2D eigenvalue weighted by atomic mass is 9.86. The van der Waals surface area contributed by atoms with Crippen molar-refractivity contribution in [1.82, 2.24) is 0 Å². The van der Waals surface area contributed by atoms with Crippen molar-refractivity contribution in [3.8, 4) is 77.9 Å². The van der Waals surface area contributed by atoms with Gasteiger partial charge in [-0.05, 0) is 170 Å². The van der Waals surface area contributed by atoms with Gasteiger partial charge >= 0.3 is 0 Å². The summed E-state index contributed by atoms with van der Waals surface area (Å²) in [6.45, 7) is 0. The highest BCUT2D eigenvalue weighted by molar-refractivity contribution is 6.24. The minimum atomic E-state index is -0.759. The van der Waals surface area contributed by atoms with Gasteiger partial charge in [0.1, 0.15) is 22.3 Å². The van der Waals surface area contributed by atoms with E-state index in [4.69, 9.17) is 43.1 Å². The third-order valence-electron chi connectivity index (χ3n) is 14.9. The van der Waals surface area contributed by atoms with Crippen LogP contribution >= 0.6 is 0 Å². The van der Waals surface area contributed by atoms with Crippen LogP contribution in [0.2, 0.25) is 0 Å². The van der Waals surface area contributed by atoms with E-state index >= 15 is 0 Å². The van der Waals surface area contributed by atoms with Crippen LogP contribution in [-0.2, 0) is 0 Å². The van der Waals surface area contributed by atoms with Crippen LogP contribution in [0.1, 0.15) is 42.5 Å². The molecular weight excluding hydrogens is 1020 g/mol. The lowest BCUT2D eigenvalue weighted by molar-refractivity contribution is 0.668. The van der Waals surface area contributed by atoms with Crippen molar-refractivity contribution < 1.29 is 51.3 Å². The average Bonchev–Trinajstić information content (AvgIpc) is 1.67. The summed E-state index contributed by atoms with van der Waals surface area (Å²) in [5, 5.41) is 0.414. The predicted octanol–water partition coefficient (Wildman–Crippen LogP) is 23.5. The second-order valence-corrected chi connectivity index (χ2v) is 19.5. The molecular formula is C82H52O2. The molecule has 0 fully saturated rings. The summed E-state index contributed by atoms with van der Waals surface area (Å²) in [7, 11) is 0. The average molecular weight is 1100 g/mol. The molecule has 0 aliphatic heterocycles. The summed E-state index contributed by atoms with van der Waals surface area (Å²) < 4.78 is 282. The van der Waals surface area contributed by atoms with Crippen LogP contribution in [0, 0.1) is 0 Å². The van der Waals surface area contributed by atoms with Crippen molar-refractivity contribution in [3.05, 3.63) is 315 Å². The van der Waals surface area contributed by atoms with E-state index in [-0.39, 0.29) is 87.6 Å². The number of benzene rings is 15. The van der Waals surface area contributed by atoms with Gasteiger partial charge in [0.05, 0.1) is 42.5 Å². The maximum atomic E-state index is 9.25. The van der Waals surface area contributed by atoms with E-state index < -0.39 is 198 Å². The molecule has 0 radical (unpaired) electrons. The highest BCUT2D eigenvalue weighted by atomic mass is 16.3. The van der Waals surface area contributed by atoms with Crippen LogP contribution in [0.3, 0.4) is 0 Å². The first kappa shape index (κ1) is 26.7. The maximum Gasteiger partial charge on any atom is 0.136 e. The first-order valence-electron chi connectivity index (χ1n) is 41.8.